The van der Waals surface area contributed by atoms with Gasteiger partial charge in [-0.2, -0.15) is 0 Å². The average Bonchev–Trinajstić information content (AvgIpc) is 2.87. The van der Waals surface area contributed by atoms with Gasteiger partial charge in [-0.15, -0.1) is 11.8 Å². The Kier molecular flexibility index (Phi) is 5.25. The van der Waals surface area contributed by atoms with Gasteiger partial charge in [-0.25, -0.2) is 4.98 Å². The predicted octanol–water partition coefficient (Wildman–Crippen LogP) is 3.24. The monoisotopic (exact) mass is 280 g/mol. The zero-order chi connectivity index (χ0) is 13.7. The first-order chi connectivity index (χ1) is 9.04. The number of hydrogen-bond donors (Lipinski definition) is 1. The second kappa shape index (κ2) is 6.73. The Hall–Kier alpha value is -0.580. The minimum absolute atomic E-state index is 0.131. The number of hydrogen-bond acceptors (Lipinski definition) is 4. The Morgan fingerprint density at radius 2 is 2.32 bits per heavy atom. The smallest absolute Gasteiger partial charge is 0.101 e. The van der Waals surface area contributed by atoms with Gasteiger partial charge in [0, 0.05) is 30.6 Å². The highest BCUT2D eigenvalue weighted by Gasteiger charge is 2.17. The molecule has 1 fully saturated rings. The number of nitrogens with zero attached hydrogens (tertiary/aromatic N) is 1. The van der Waals surface area contributed by atoms with Crippen molar-refractivity contribution < 1.29 is 4.74 Å². The van der Waals surface area contributed by atoms with Crippen LogP contribution in [0.15, 0.2) is 23.4 Å². The van der Waals surface area contributed by atoms with Crippen molar-refractivity contribution in [3.8, 4) is 0 Å². The van der Waals surface area contributed by atoms with Gasteiger partial charge in [-0.05, 0) is 45.2 Å². The van der Waals surface area contributed by atoms with Gasteiger partial charge in [0.25, 0.3) is 0 Å². The van der Waals surface area contributed by atoms with Crippen molar-refractivity contribution >= 4 is 11.8 Å². The summed E-state index contributed by atoms with van der Waals surface area (Å²) in [5.41, 5.74) is 1.41. The summed E-state index contributed by atoms with van der Waals surface area (Å²) in [6.07, 6.45) is 4.68. The van der Waals surface area contributed by atoms with Gasteiger partial charge in [0.1, 0.15) is 5.03 Å². The highest BCUT2D eigenvalue weighted by atomic mass is 32.2. The molecule has 1 aliphatic heterocycles. The van der Waals surface area contributed by atoms with E-state index in [2.05, 4.69) is 37.1 Å². The number of ether oxygens (including phenoxy) is 1. The van der Waals surface area contributed by atoms with E-state index in [0.717, 1.165) is 23.9 Å². The zero-order valence-electron chi connectivity index (χ0n) is 12.1. The molecule has 0 saturated carbocycles. The largest absolute Gasteiger partial charge is 0.377 e. The van der Waals surface area contributed by atoms with E-state index in [9.17, 15) is 0 Å². The van der Waals surface area contributed by atoms with Crippen LogP contribution in [0, 0.1) is 0 Å². The molecular weight excluding hydrogens is 256 g/mol. The highest BCUT2D eigenvalue weighted by molar-refractivity contribution is 7.99. The van der Waals surface area contributed by atoms with Gasteiger partial charge in [-0.1, -0.05) is 6.07 Å². The van der Waals surface area contributed by atoms with Gasteiger partial charge in [0.15, 0.2) is 0 Å². The van der Waals surface area contributed by atoms with Crippen LogP contribution in [0.5, 0.6) is 0 Å². The third kappa shape index (κ3) is 5.13. The summed E-state index contributed by atoms with van der Waals surface area (Å²) >= 11 is 1.82. The van der Waals surface area contributed by atoms with Crippen LogP contribution in [0.2, 0.25) is 0 Å². The minimum atomic E-state index is 0.131. The van der Waals surface area contributed by atoms with E-state index in [1.807, 2.05) is 24.0 Å². The molecule has 1 N–H and O–H groups in total. The van der Waals surface area contributed by atoms with E-state index in [1.165, 1.54) is 18.4 Å². The Morgan fingerprint density at radius 3 is 3.00 bits per heavy atom. The van der Waals surface area contributed by atoms with Crippen molar-refractivity contribution in [3.63, 3.8) is 0 Å². The molecule has 0 bridgehead atoms. The lowest BCUT2D eigenvalue weighted by atomic mass is 10.1. The van der Waals surface area contributed by atoms with Crippen LogP contribution in [-0.2, 0) is 11.3 Å². The van der Waals surface area contributed by atoms with Crippen LogP contribution in [0.4, 0.5) is 0 Å². The first-order valence-electron chi connectivity index (χ1n) is 6.98. The predicted molar refractivity (Wildman–Crippen MR) is 80.5 cm³/mol. The van der Waals surface area contributed by atoms with Crippen LogP contribution in [0.1, 0.15) is 39.2 Å². The van der Waals surface area contributed by atoms with E-state index < -0.39 is 0 Å². The molecule has 0 spiro atoms. The SMILES string of the molecule is CC(C)(C)NCc1cccnc1SCC1CCCO1. The maximum Gasteiger partial charge on any atom is 0.101 e. The molecule has 2 rings (SSSR count). The van der Waals surface area contributed by atoms with Crippen LogP contribution in [0.25, 0.3) is 0 Å². The summed E-state index contributed by atoms with van der Waals surface area (Å²) < 4.78 is 5.66. The van der Waals surface area contributed by atoms with Crippen molar-refractivity contribution in [3.05, 3.63) is 23.9 Å². The number of thioether (sulfide) groups is 1. The lowest BCUT2D eigenvalue weighted by Crippen LogP contribution is -2.35. The maximum atomic E-state index is 5.66. The third-order valence-electron chi connectivity index (χ3n) is 3.09. The molecule has 2 heterocycles. The quantitative estimate of drug-likeness (QED) is 0.840. The molecular formula is C15H24N2OS. The van der Waals surface area contributed by atoms with Crippen molar-refractivity contribution in [2.75, 3.05) is 12.4 Å². The van der Waals surface area contributed by atoms with Crippen molar-refractivity contribution in [2.24, 2.45) is 0 Å². The van der Waals surface area contributed by atoms with E-state index >= 15 is 0 Å². The van der Waals surface area contributed by atoms with E-state index in [4.69, 9.17) is 4.74 Å². The fourth-order valence-corrected chi connectivity index (χ4v) is 3.06. The highest BCUT2D eigenvalue weighted by Crippen LogP contribution is 2.25. The molecule has 1 aromatic heterocycles. The lowest BCUT2D eigenvalue weighted by Gasteiger charge is -2.21. The van der Waals surface area contributed by atoms with Gasteiger partial charge < -0.3 is 10.1 Å². The van der Waals surface area contributed by atoms with Crippen LogP contribution in [-0.4, -0.2) is 29.0 Å². The van der Waals surface area contributed by atoms with Crippen LogP contribution in [0.3, 0.4) is 0 Å². The minimum Gasteiger partial charge on any atom is -0.377 e. The first kappa shape index (κ1) is 14.8. The molecule has 19 heavy (non-hydrogen) atoms. The molecule has 4 heteroatoms. The summed E-state index contributed by atoms with van der Waals surface area (Å²) in [5.74, 6) is 1.01. The molecule has 1 saturated heterocycles. The first-order valence-corrected chi connectivity index (χ1v) is 7.96. The average molecular weight is 280 g/mol. The third-order valence-corrected chi connectivity index (χ3v) is 4.27. The molecule has 106 valence electrons. The molecule has 1 atom stereocenters. The molecule has 1 aliphatic rings. The topological polar surface area (TPSA) is 34.2 Å². The van der Waals surface area contributed by atoms with Crippen molar-refractivity contribution in [1.82, 2.24) is 10.3 Å². The summed E-state index contributed by atoms with van der Waals surface area (Å²) in [7, 11) is 0. The second-order valence-corrected chi connectivity index (χ2v) is 7.03. The Morgan fingerprint density at radius 1 is 1.47 bits per heavy atom. The molecule has 3 nitrogen and oxygen atoms in total. The number of rotatable bonds is 5. The van der Waals surface area contributed by atoms with E-state index in [-0.39, 0.29) is 5.54 Å². The van der Waals surface area contributed by atoms with Crippen LogP contribution < -0.4 is 5.32 Å². The zero-order valence-corrected chi connectivity index (χ0v) is 12.9. The van der Waals surface area contributed by atoms with E-state index in [0.29, 0.717) is 6.10 Å². The fraction of sp³-hybridized carbons (Fsp3) is 0.667. The van der Waals surface area contributed by atoms with E-state index in [1.54, 1.807) is 0 Å². The van der Waals surface area contributed by atoms with Gasteiger partial charge in [-0.3, -0.25) is 0 Å². The maximum absolute atomic E-state index is 5.66. The van der Waals surface area contributed by atoms with Gasteiger partial charge >= 0.3 is 0 Å². The second-order valence-electron chi connectivity index (χ2n) is 6.02. The van der Waals surface area contributed by atoms with Crippen molar-refractivity contribution in [2.45, 2.75) is 56.8 Å². The Balaban J connectivity index is 1.91. The Labute approximate surface area is 120 Å². The standard InChI is InChI=1S/C15H24N2OS/c1-15(2,3)17-10-12-6-4-8-16-14(12)19-11-13-7-5-9-18-13/h4,6,8,13,17H,5,7,9-11H2,1-3H3. The Bertz CT molecular complexity index is 397. The number of nitrogens with one attached hydrogen (secondary N) is 1. The summed E-state index contributed by atoms with van der Waals surface area (Å²) in [5, 5.41) is 4.66. The van der Waals surface area contributed by atoms with Crippen LogP contribution >= 0.6 is 11.8 Å². The molecule has 1 aromatic rings. The molecule has 0 aromatic carbocycles. The lowest BCUT2D eigenvalue weighted by molar-refractivity contribution is 0.129. The molecule has 1 unspecified atom stereocenters. The molecule has 0 amide bonds. The number of pyridine rings is 1. The summed E-state index contributed by atoms with van der Waals surface area (Å²) in [4.78, 5) is 4.51. The summed E-state index contributed by atoms with van der Waals surface area (Å²) in [6, 6.07) is 4.17. The normalized spacial score (nSPS) is 19.8. The fourth-order valence-electron chi connectivity index (χ4n) is 2.00. The molecule has 0 radical (unpaired) electrons. The number of aromatic nitrogens is 1. The summed E-state index contributed by atoms with van der Waals surface area (Å²) in [6.45, 7) is 8.34. The molecule has 0 aliphatic carbocycles. The van der Waals surface area contributed by atoms with Gasteiger partial charge in [0.05, 0.1) is 6.10 Å². The van der Waals surface area contributed by atoms with Gasteiger partial charge in [0.2, 0.25) is 0 Å². The van der Waals surface area contributed by atoms with Crippen molar-refractivity contribution in [1.29, 1.82) is 0 Å².